The maximum Gasteiger partial charge on any atom is 0.243 e. The first-order chi connectivity index (χ1) is 7.50. The quantitative estimate of drug-likeness (QED) is 0.841. The Labute approximate surface area is 102 Å². The van der Waals surface area contributed by atoms with Crippen molar-refractivity contribution in [3.8, 4) is 0 Å². The molecule has 0 atom stereocenters. The fourth-order valence-corrected chi connectivity index (χ4v) is 3.95. The minimum absolute atomic E-state index is 0.0151. The van der Waals surface area contributed by atoms with E-state index < -0.39 is 15.8 Å². The van der Waals surface area contributed by atoms with E-state index in [-0.39, 0.29) is 4.90 Å². The van der Waals surface area contributed by atoms with E-state index in [0.29, 0.717) is 17.6 Å². The molecule has 1 aliphatic heterocycles. The Morgan fingerprint density at radius 3 is 2.38 bits per heavy atom. The number of hydrogen-bond acceptors (Lipinski definition) is 2. The summed E-state index contributed by atoms with van der Waals surface area (Å²) in [4.78, 5) is 0.0151. The SMILES string of the molecule is O=S(=O)(c1cc(F)cc(Br)c1)N1CCCC1. The van der Waals surface area contributed by atoms with Crippen molar-refractivity contribution in [3.05, 3.63) is 28.5 Å². The molecule has 1 aromatic rings. The standard InChI is InChI=1S/C10H11BrFNO2S/c11-8-5-9(12)7-10(6-8)16(14,15)13-3-1-2-4-13/h5-7H,1-4H2. The zero-order chi connectivity index (χ0) is 11.8. The van der Waals surface area contributed by atoms with Gasteiger partial charge in [-0.2, -0.15) is 4.31 Å². The van der Waals surface area contributed by atoms with Crippen molar-refractivity contribution in [1.82, 2.24) is 4.31 Å². The van der Waals surface area contributed by atoms with Crippen molar-refractivity contribution in [1.29, 1.82) is 0 Å². The molecule has 0 amide bonds. The van der Waals surface area contributed by atoms with Gasteiger partial charge in [-0.3, -0.25) is 0 Å². The van der Waals surface area contributed by atoms with Crippen LogP contribution < -0.4 is 0 Å². The number of rotatable bonds is 2. The molecule has 0 saturated carbocycles. The smallest absolute Gasteiger partial charge is 0.207 e. The van der Waals surface area contributed by atoms with Crippen LogP contribution in [0.15, 0.2) is 27.6 Å². The zero-order valence-corrected chi connectivity index (χ0v) is 10.9. The van der Waals surface area contributed by atoms with Crippen LogP contribution in [-0.4, -0.2) is 25.8 Å². The molecule has 88 valence electrons. The Hall–Kier alpha value is -0.460. The van der Waals surface area contributed by atoms with Crippen molar-refractivity contribution >= 4 is 26.0 Å². The van der Waals surface area contributed by atoms with Crippen LogP contribution in [-0.2, 0) is 10.0 Å². The summed E-state index contributed by atoms with van der Waals surface area (Å²) in [7, 11) is -3.52. The average molecular weight is 308 g/mol. The maximum absolute atomic E-state index is 13.1. The number of nitrogens with zero attached hydrogens (tertiary/aromatic N) is 1. The Balaban J connectivity index is 2.42. The summed E-state index contributed by atoms with van der Waals surface area (Å²) in [5.41, 5.74) is 0. The van der Waals surface area contributed by atoms with Crippen LogP contribution in [0.25, 0.3) is 0 Å². The predicted molar refractivity (Wildman–Crippen MR) is 62.1 cm³/mol. The molecular weight excluding hydrogens is 297 g/mol. The molecule has 1 saturated heterocycles. The molecule has 0 spiro atoms. The molecule has 1 aliphatic rings. The topological polar surface area (TPSA) is 37.4 Å². The summed E-state index contributed by atoms with van der Waals surface area (Å²) in [5, 5.41) is 0. The Bertz CT molecular complexity index is 477. The second-order valence-corrected chi connectivity index (χ2v) is 6.57. The van der Waals surface area contributed by atoms with Crippen molar-refractivity contribution < 1.29 is 12.8 Å². The highest BCUT2D eigenvalue weighted by Crippen LogP contribution is 2.24. The summed E-state index contributed by atoms with van der Waals surface area (Å²) in [6.07, 6.45) is 1.74. The van der Waals surface area contributed by atoms with Gasteiger partial charge in [-0.05, 0) is 31.0 Å². The van der Waals surface area contributed by atoms with E-state index in [1.54, 1.807) is 0 Å². The lowest BCUT2D eigenvalue weighted by Crippen LogP contribution is -2.27. The maximum atomic E-state index is 13.1. The molecule has 1 fully saturated rings. The highest BCUT2D eigenvalue weighted by Gasteiger charge is 2.27. The third-order valence-corrected chi connectivity index (χ3v) is 4.87. The van der Waals surface area contributed by atoms with Gasteiger partial charge in [0.15, 0.2) is 0 Å². The molecule has 0 aliphatic carbocycles. The molecule has 3 nitrogen and oxygen atoms in total. The zero-order valence-electron chi connectivity index (χ0n) is 8.49. The summed E-state index contributed by atoms with van der Waals surface area (Å²) in [6, 6.07) is 3.72. The monoisotopic (exact) mass is 307 g/mol. The van der Waals surface area contributed by atoms with Crippen LogP contribution in [0.2, 0.25) is 0 Å². The van der Waals surface area contributed by atoms with Gasteiger partial charge in [0.25, 0.3) is 0 Å². The van der Waals surface area contributed by atoms with Crippen molar-refractivity contribution in [2.45, 2.75) is 17.7 Å². The van der Waals surface area contributed by atoms with E-state index in [9.17, 15) is 12.8 Å². The second-order valence-electron chi connectivity index (χ2n) is 3.72. The predicted octanol–water partition coefficient (Wildman–Crippen LogP) is 2.37. The van der Waals surface area contributed by atoms with E-state index in [0.717, 1.165) is 18.9 Å². The first kappa shape index (κ1) is 12.0. The number of hydrogen-bond donors (Lipinski definition) is 0. The lowest BCUT2D eigenvalue weighted by atomic mass is 10.3. The number of sulfonamides is 1. The molecule has 0 N–H and O–H groups in total. The molecule has 1 aromatic carbocycles. The normalized spacial score (nSPS) is 17.9. The largest absolute Gasteiger partial charge is 0.243 e. The molecule has 6 heteroatoms. The third kappa shape index (κ3) is 2.28. The minimum Gasteiger partial charge on any atom is -0.207 e. The summed E-state index contributed by atoms with van der Waals surface area (Å²) < 4.78 is 39.1. The van der Waals surface area contributed by atoms with Gasteiger partial charge in [-0.15, -0.1) is 0 Å². The van der Waals surface area contributed by atoms with E-state index in [1.165, 1.54) is 16.4 Å². The fraction of sp³-hybridized carbons (Fsp3) is 0.400. The van der Waals surface area contributed by atoms with E-state index in [1.807, 2.05) is 0 Å². The minimum atomic E-state index is -3.52. The van der Waals surface area contributed by atoms with E-state index >= 15 is 0 Å². The molecule has 16 heavy (non-hydrogen) atoms. The number of halogens is 2. The third-order valence-electron chi connectivity index (χ3n) is 2.54. The van der Waals surface area contributed by atoms with E-state index in [4.69, 9.17) is 0 Å². The van der Waals surface area contributed by atoms with Gasteiger partial charge in [-0.1, -0.05) is 15.9 Å². The highest BCUT2D eigenvalue weighted by atomic mass is 79.9. The van der Waals surface area contributed by atoms with Crippen LogP contribution in [0, 0.1) is 5.82 Å². The van der Waals surface area contributed by atoms with Crippen LogP contribution in [0.5, 0.6) is 0 Å². The lowest BCUT2D eigenvalue weighted by molar-refractivity contribution is 0.476. The highest BCUT2D eigenvalue weighted by molar-refractivity contribution is 9.10. The van der Waals surface area contributed by atoms with Gasteiger partial charge >= 0.3 is 0 Å². The van der Waals surface area contributed by atoms with Gasteiger partial charge in [0.1, 0.15) is 5.82 Å². The van der Waals surface area contributed by atoms with E-state index in [2.05, 4.69) is 15.9 Å². The molecular formula is C10H11BrFNO2S. The lowest BCUT2D eigenvalue weighted by Gasteiger charge is -2.15. The molecule has 2 rings (SSSR count). The van der Waals surface area contributed by atoms with Gasteiger partial charge in [0.05, 0.1) is 4.90 Å². The van der Waals surface area contributed by atoms with Crippen LogP contribution in [0.3, 0.4) is 0 Å². The van der Waals surface area contributed by atoms with Gasteiger partial charge < -0.3 is 0 Å². The molecule has 0 radical (unpaired) electrons. The molecule has 1 heterocycles. The van der Waals surface area contributed by atoms with Gasteiger partial charge in [0.2, 0.25) is 10.0 Å². The Morgan fingerprint density at radius 1 is 1.19 bits per heavy atom. The summed E-state index contributed by atoms with van der Waals surface area (Å²) >= 11 is 3.09. The van der Waals surface area contributed by atoms with Gasteiger partial charge in [-0.25, -0.2) is 12.8 Å². The number of benzene rings is 1. The van der Waals surface area contributed by atoms with Crippen molar-refractivity contribution in [2.75, 3.05) is 13.1 Å². The van der Waals surface area contributed by atoms with Crippen LogP contribution in [0.4, 0.5) is 4.39 Å². The second kappa shape index (κ2) is 4.43. The summed E-state index contributed by atoms with van der Waals surface area (Å²) in [5.74, 6) is -0.549. The van der Waals surface area contributed by atoms with Crippen molar-refractivity contribution in [2.24, 2.45) is 0 Å². The molecule has 0 unspecified atom stereocenters. The average Bonchev–Trinajstić information content (AvgIpc) is 2.69. The Kier molecular flexibility index (Phi) is 3.32. The molecule has 0 aromatic heterocycles. The fourth-order valence-electron chi connectivity index (χ4n) is 1.76. The first-order valence-corrected chi connectivity index (χ1v) is 7.20. The molecule has 0 bridgehead atoms. The van der Waals surface area contributed by atoms with Crippen molar-refractivity contribution in [3.63, 3.8) is 0 Å². The Morgan fingerprint density at radius 2 is 1.81 bits per heavy atom. The van der Waals surface area contributed by atoms with Crippen LogP contribution in [0.1, 0.15) is 12.8 Å². The van der Waals surface area contributed by atoms with Crippen LogP contribution >= 0.6 is 15.9 Å². The summed E-state index contributed by atoms with van der Waals surface area (Å²) in [6.45, 7) is 1.05. The first-order valence-electron chi connectivity index (χ1n) is 4.96. The van der Waals surface area contributed by atoms with Gasteiger partial charge in [0, 0.05) is 17.6 Å².